The maximum Gasteiger partial charge on any atom is 0.221 e. The monoisotopic (exact) mass is 254 g/mol. The quantitative estimate of drug-likeness (QED) is 0.867. The maximum absolute atomic E-state index is 11.1. The van der Waals surface area contributed by atoms with E-state index in [9.17, 15) is 4.79 Å². The Balaban J connectivity index is 1.94. The van der Waals surface area contributed by atoms with E-state index in [1.807, 2.05) is 0 Å². The Morgan fingerprint density at radius 3 is 3.00 bits per heavy atom. The summed E-state index contributed by atoms with van der Waals surface area (Å²) in [7, 11) is 0. The Labute approximate surface area is 105 Å². The molecule has 1 atom stereocenters. The van der Waals surface area contributed by atoms with Gasteiger partial charge in [-0.15, -0.1) is 0 Å². The second-order valence-corrected chi connectivity index (χ2v) is 4.69. The standard InChI is InChI=1S/C11H15ClN4O/c12-10-5-14-9(4-15-10)7-16-3-1-2-8(6-16)11(13)17/h4-5,8H,1-3,6-7H2,(H2,13,17). The first-order chi connectivity index (χ1) is 8.15. The van der Waals surface area contributed by atoms with Crippen molar-refractivity contribution in [1.82, 2.24) is 14.9 Å². The minimum atomic E-state index is -0.211. The number of likely N-dealkylation sites (tertiary alicyclic amines) is 1. The number of hydrogen-bond acceptors (Lipinski definition) is 4. The van der Waals surface area contributed by atoms with Crippen LogP contribution in [0.4, 0.5) is 0 Å². The van der Waals surface area contributed by atoms with Crippen molar-refractivity contribution in [2.75, 3.05) is 13.1 Å². The number of halogens is 1. The summed E-state index contributed by atoms with van der Waals surface area (Å²) in [5, 5.41) is 0.391. The molecule has 2 N–H and O–H groups in total. The molecule has 5 nitrogen and oxygen atoms in total. The number of carbonyl (C=O) groups is 1. The fourth-order valence-corrected chi connectivity index (χ4v) is 2.18. The van der Waals surface area contributed by atoms with Crippen LogP contribution in [0.15, 0.2) is 12.4 Å². The lowest BCUT2D eigenvalue weighted by atomic mass is 9.97. The van der Waals surface area contributed by atoms with Gasteiger partial charge in [0.1, 0.15) is 5.15 Å². The Morgan fingerprint density at radius 1 is 1.53 bits per heavy atom. The van der Waals surface area contributed by atoms with Gasteiger partial charge in [-0.3, -0.25) is 14.7 Å². The average Bonchev–Trinajstić information content (AvgIpc) is 2.32. The lowest BCUT2D eigenvalue weighted by Crippen LogP contribution is -2.40. The second kappa shape index (κ2) is 5.42. The summed E-state index contributed by atoms with van der Waals surface area (Å²) in [4.78, 5) is 21.5. The van der Waals surface area contributed by atoms with Crippen LogP contribution in [0.2, 0.25) is 5.15 Å². The van der Waals surface area contributed by atoms with Gasteiger partial charge in [-0.05, 0) is 19.4 Å². The van der Waals surface area contributed by atoms with Gasteiger partial charge in [-0.25, -0.2) is 4.98 Å². The van der Waals surface area contributed by atoms with Crippen LogP contribution < -0.4 is 5.73 Å². The molecule has 0 radical (unpaired) electrons. The van der Waals surface area contributed by atoms with Crippen molar-refractivity contribution in [2.24, 2.45) is 11.7 Å². The van der Waals surface area contributed by atoms with E-state index in [1.165, 1.54) is 6.20 Å². The van der Waals surface area contributed by atoms with Crippen LogP contribution in [0.5, 0.6) is 0 Å². The SMILES string of the molecule is NC(=O)C1CCCN(Cc2cnc(Cl)cn2)C1. The van der Waals surface area contributed by atoms with Crippen molar-refractivity contribution in [3.63, 3.8) is 0 Å². The van der Waals surface area contributed by atoms with E-state index in [0.29, 0.717) is 18.2 Å². The van der Waals surface area contributed by atoms with Crippen molar-refractivity contribution in [2.45, 2.75) is 19.4 Å². The number of aromatic nitrogens is 2. The summed E-state index contributed by atoms with van der Waals surface area (Å²) in [5.41, 5.74) is 6.19. The van der Waals surface area contributed by atoms with Crippen LogP contribution in [0, 0.1) is 5.92 Å². The maximum atomic E-state index is 11.1. The second-order valence-electron chi connectivity index (χ2n) is 4.31. The predicted octanol–water partition coefficient (Wildman–Crippen LogP) is 0.827. The molecule has 1 aromatic rings. The number of nitrogens with zero attached hydrogens (tertiary/aromatic N) is 3. The summed E-state index contributed by atoms with van der Waals surface area (Å²) >= 11 is 5.67. The summed E-state index contributed by atoms with van der Waals surface area (Å²) in [5.74, 6) is -0.249. The van der Waals surface area contributed by atoms with Crippen LogP contribution >= 0.6 is 11.6 Å². The molecule has 2 heterocycles. The summed E-state index contributed by atoms with van der Waals surface area (Å²) in [6.07, 6.45) is 5.08. The van der Waals surface area contributed by atoms with Crippen molar-refractivity contribution in [3.8, 4) is 0 Å². The number of amides is 1. The summed E-state index contributed by atoms with van der Waals surface area (Å²) in [6.45, 7) is 2.36. The largest absolute Gasteiger partial charge is 0.369 e. The van der Waals surface area contributed by atoms with Gasteiger partial charge in [0.05, 0.1) is 24.0 Å². The van der Waals surface area contributed by atoms with E-state index in [4.69, 9.17) is 17.3 Å². The number of hydrogen-bond donors (Lipinski definition) is 1. The van der Waals surface area contributed by atoms with Crippen molar-refractivity contribution in [1.29, 1.82) is 0 Å². The first kappa shape index (κ1) is 12.3. The van der Waals surface area contributed by atoms with Crippen LogP contribution in [0.1, 0.15) is 18.5 Å². The first-order valence-electron chi connectivity index (χ1n) is 5.63. The zero-order chi connectivity index (χ0) is 12.3. The Kier molecular flexibility index (Phi) is 3.91. The molecule has 1 fully saturated rings. The fraction of sp³-hybridized carbons (Fsp3) is 0.545. The summed E-state index contributed by atoms with van der Waals surface area (Å²) in [6, 6.07) is 0. The molecule has 6 heteroatoms. The third kappa shape index (κ3) is 3.38. The van der Waals surface area contributed by atoms with E-state index in [-0.39, 0.29) is 11.8 Å². The van der Waals surface area contributed by atoms with Crippen LogP contribution in [0.3, 0.4) is 0 Å². The van der Waals surface area contributed by atoms with Gasteiger partial charge in [0, 0.05) is 13.1 Å². The smallest absolute Gasteiger partial charge is 0.221 e. The van der Waals surface area contributed by atoms with E-state index in [0.717, 1.165) is 25.1 Å². The molecular weight excluding hydrogens is 240 g/mol. The van der Waals surface area contributed by atoms with Crippen molar-refractivity contribution < 1.29 is 4.79 Å². The predicted molar refractivity (Wildman–Crippen MR) is 64.2 cm³/mol. The molecule has 1 saturated heterocycles. The van der Waals surface area contributed by atoms with E-state index in [1.54, 1.807) is 6.20 Å². The van der Waals surface area contributed by atoms with Gasteiger partial charge in [-0.2, -0.15) is 0 Å². The molecule has 92 valence electrons. The average molecular weight is 255 g/mol. The highest BCUT2D eigenvalue weighted by atomic mass is 35.5. The fourth-order valence-electron chi connectivity index (χ4n) is 2.08. The molecular formula is C11H15ClN4O. The summed E-state index contributed by atoms with van der Waals surface area (Å²) < 4.78 is 0. The molecule has 0 saturated carbocycles. The molecule has 17 heavy (non-hydrogen) atoms. The molecule has 0 bridgehead atoms. The highest BCUT2D eigenvalue weighted by Gasteiger charge is 2.23. The first-order valence-corrected chi connectivity index (χ1v) is 6.01. The van der Waals surface area contributed by atoms with Crippen LogP contribution in [0.25, 0.3) is 0 Å². The minimum Gasteiger partial charge on any atom is -0.369 e. The van der Waals surface area contributed by atoms with E-state index in [2.05, 4.69) is 14.9 Å². The highest BCUT2D eigenvalue weighted by Crippen LogP contribution is 2.17. The van der Waals surface area contributed by atoms with E-state index < -0.39 is 0 Å². The van der Waals surface area contributed by atoms with Gasteiger partial charge >= 0.3 is 0 Å². The zero-order valence-electron chi connectivity index (χ0n) is 9.47. The molecule has 1 amide bonds. The number of nitrogens with two attached hydrogens (primary N) is 1. The van der Waals surface area contributed by atoms with Gasteiger partial charge in [0.25, 0.3) is 0 Å². The van der Waals surface area contributed by atoms with Gasteiger partial charge in [0.2, 0.25) is 5.91 Å². The topological polar surface area (TPSA) is 72.1 Å². The van der Waals surface area contributed by atoms with Crippen LogP contribution in [-0.2, 0) is 11.3 Å². The normalized spacial score (nSPS) is 21.4. The molecule has 1 aliphatic rings. The van der Waals surface area contributed by atoms with Crippen molar-refractivity contribution in [3.05, 3.63) is 23.2 Å². The minimum absolute atomic E-state index is 0.0380. The third-order valence-corrected chi connectivity index (χ3v) is 3.16. The molecule has 0 aliphatic carbocycles. The van der Waals surface area contributed by atoms with Crippen molar-refractivity contribution >= 4 is 17.5 Å². The lowest BCUT2D eigenvalue weighted by Gasteiger charge is -2.30. The lowest BCUT2D eigenvalue weighted by molar-refractivity contribution is -0.123. The van der Waals surface area contributed by atoms with Crippen LogP contribution in [-0.4, -0.2) is 33.9 Å². The highest BCUT2D eigenvalue weighted by molar-refractivity contribution is 6.29. The van der Waals surface area contributed by atoms with Gasteiger partial charge in [0.15, 0.2) is 0 Å². The Bertz CT molecular complexity index is 395. The number of primary amides is 1. The third-order valence-electron chi connectivity index (χ3n) is 2.97. The Hall–Kier alpha value is -1.20. The number of carbonyl (C=O) groups excluding carboxylic acids is 1. The zero-order valence-corrected chi connectivity index (χ0v) is 10.2. The van der Waals surface area contributed by atoms with Gasteiger partial charge < -0.3 is 5.73 Å². The van der Waals surface area contributed by atoms with Gasteiger partial charge in [-0.1, -0.05) is 11.6 Å². The number of piperidine rings is 1. The Morgan fingerprint density at radius 2 is 2.35 bits per heavy atom. The molecule has 1 aromatic heterocycles. The molecule has 1 aliphatic heterocycles. The molecule has 2 rings (SSSR count). The van der Waals surface area contributed by atoms with E-state index >= 15 is 0 Å². The molecule has 1 unspecified atom stereocenters. The molecule has 0 aromatic carbocycles. The molecule has 0 spiro atoms. The number of rotatable bonds is 3.